The summed E-state index contributed by atoms with van der Waals surface area (Å²) >= 11 is 0. The molecule has 2 aromatic heterocycles. The molecule has 0 unspecified atom stereocenters. The molecule has 1 N–H and O–H groups in total. The zero-order chi connectivity index (χ0) is 19.0. The SMILES string of the molecule is O=C(Nc1cccc(-c2cn3ccccc3n2)c1)c1ccc(F)c(F)c1F. The van der Waals surface area contributed by atoms with Crippen LogP contribution >= 0.6 is 0 Å². The summed E-state index contributed by atoms with van der Waals surface area (Å²) in [4.78, 5) is 16.7. The molecule has 4 nitrogen and oxygen atoms in total. The van der Waals surface area contributed by atoms with Crippen LogP contribution in [0.5, 0.6) is 0 Å². The Hall–Kier alpha value is -3.61. The summed E-state index contributed by atoms with van der Waals surface area (Å²) in [6, 6.07) is 14.0. The van der Waals surface area contributed by atoms with Crippen molar-refractivity contribution in [2.24, 2.45) is 0 Å². The maximum Gasteiger partial charge on any atom is 0.258 e. The maximum absolute atomic E-state index is 13.8. The van der Waals surface area contributed by atoms with E-state index < -0.39 is 28.9 Å². The summed E-state index contributed by atoms with van der Waals surface area (Å²) in [6.07, 6.45) is 3.70. The van der Waals surface area contributed by atoms with Crippen molar-refractivity contribution < 1.29 is 18.0 Å². The number of fused-ring (bicyclic) bond motifs is 1. The highest BCUT2D eigenvalue weighted by molar-refractivity contribution is 6.04. The Morgan fingerprint density at radius 3 is 2.63 bits per heavy atom. The van der Waals surface area contributed by atoms with Crippen LogP contribution in [0, 0.1) is 17.5 Å². The molecule has 0 saturated carbocycles. The quantitative estimate of drug-likeness (QED) is 0.535. The zero-order valence-corrected chi connectivity index (χ0v) is 13.8. The first-order chi connectivity index (χ1) is 13.0. The summed E-state index contributed by atoms with van der Waals surface area (Å²) in [6.45, 7) is 0. The largest absolute Gasteiger partial charge is 0.322 e. The van der Waals surface area contributed by atoms with Crippen LogP contribution in [0.3, 0.4) is 0 Å². The number of carbonyl (C=O) groups excluding carboxylic acids is 1. The molecule has 0 aliphatic rings. The van der Waals surface area contributed by atoms with Gasteiger partial charge < -0.3 is 9.72 Å². The summed E-state index contributed by atoms with van der Waals surface area (Å²) in [5.41, 5.74) is 2.00. The number of nitrogens with one attached hydrogen (secondary N) is 1. The van der Waals surface area contributed by atoms with E-state index in [1.54, 1.807) is 18.2 Å². The molecule has 2 heterocycles. The number of hydrogen-bond donors (Lipinski definition) is 1. The number of imidazole rings is 1. The standard InChI is InChI=1S/C20H12F3N3O/c21-15-8-7-14(18(22)19(15)23)20(27)24-13-5-3-4-12(10-13)16-11-26-9-2-1-6-17(26)25-16/h1-11H,(H,24,27). The summed E-state index contributed by atoms with van der Waals surface area (Å²) in [5, 5.41) is 2.49. The highest BCUT2D eigenvalue weighted by Gasteiger charge is 2.19. The van der Waals surface area contributed by atoms with Crippen molar-refractivity contribution in [3.05, 3.63) is 90.0 Å². The number of anilines is 1. The van der Waals surface area contributed by atoms with Crippen LogP contribution in [0.15, 0.2) is 67.0 Å². The van der Waals surface area contributed by atoms with E-state index in [1.807, 2.05) is 41.1 Å². The smallest absolute Gasteiger partial charge is 0.258 e. The van der Waals surface area contributed by atoms with Crippen molar-refractivity contribution in [3.63, 3.8) is 0 Å². The van der Waals surface area contributed by atoms with Gasteiger partial charge in [-0.25, -0.2) is 18.2 Å². The average Bonchev–Trinajstić information content (AvgIpc) is 3.10. The Balaban J connectivity index is 1.63. The molecule has 2 aromatic carbocycles. The fourth-order valence-electron chi connectivity index (χ4n) is 2.73. The number of pyridine rings is 1. The van der Waals surface area contributed by atoms with Crippen LogP contribution in [-0.2, 0) is 0 Å². The van der Waals surface area contributed by atoms with Crippen LogP contribution in [0.25, 0.3) is 16.9 Å². The van der Waals surface area contributed by atoms with Crippen molar-refractivity contribution >= 4 is 17.2 Å². The molecular formula is C20H12F3N3O. The lowest BCUT2D eigenvalue weighted by molar-refractivity contribution is 0.102. The van der Waals surface area contributed by atoms with Gasteiger partial charge in [0.25, 0.3) is 5.91 Å². The van der Waals surface area contributed by atoms with Crippen molar-refractivity contribution in [1.82, 2.24) is 9.38 Å². The molecular weight excluding hydrogens is 355 g/mol. The lowest BCUT2D eigenvalue weighted by Crippen LogP contribution is -2.15. The van der Waals surface area contributed by atoms with Gasteiger partial charge in [0.15, 0.2) is 17.5 Å². The second kappa shape index (κ2) is 6.60. The molecule has 4 rings (SSSR count). The molecule has 1 amide bonds. The van der Waals surface area contributed by atoms with Crippen LogP contribution in [-0.4, -0.2) is 15.3 Å². The Morgan fingerprint density at radius 1 is 0.963 bits per heavy atom. The Kier molecular flexibility index (Phi) is 4.12. The van der Waals surface area contributed by atoms with Gasteiger partial charge in [0, 0.05) is 23.6 Å². The average molecular weight is 367 g/mol. The number of halogens is 3. The van der Waals surface area contributed by atoms with Crippen molar-refractivity contribution in [3.8, 4) is 11.3 Å². The number of nitrogens with zero attached hydrogens (tertiary/aromatic N) is 2. The number of benzene rings is 2. The van der Waals surface area contributed by atoms with Crippen LogP contribution in [0.4, 0.5) is 18.9 Å². The monoisotopic (exact) mass is 367 g/mol. The minimum absolute atomic E-state index is 0.374. The second-order valence-corrected chi connectivity index (χ2v) is 5.85. The van der Waals surface area contributed by atoms with Gasteiger partial charge in [-0.05, 0) is 36.4 Å². The molecule has 0 saturated heterocycles. The third-order valence-electron chi connectivity index (χ3n) is 4.06. The van der Waals surface area contributed by atoms with Crippen LogP contribution in [0.1, 0.15) is 10.4 Å². The summed E-state index contributed by atoms with van der Waals surface area (Å²) < 4.78 is 42.0. The number of rotatable bonds is 3. The van der Waals surface area contributed by atoms with Gasteiger partial charge in [0.2, 0.25) is 0 Å². The first kappa shape index (κ1) is 16.8. The van der Waals surface area contributed by atoms with Gasteiger partial charge in [-0.2, -0.15) is 0 Å². The van der Waals surface area contributed by atoms with E-state index in [1.165, 1.54) is 0 Å². The van der Waals surface area contributed by atoms with E-state index in [4.69, 9.17) is 0 Å². The lowest BCUT2D eigenvalue weighted by atomic mass is 10.1. The predicted molar refractivity (Wildman–Crippen MR) is 94.9 cm³/mol. The molecule has 0 bridgehead atoms. The molecule has 4 aromatic rings. The number of amides is 1. The number of aromatic nitrogens is 2. The predicted octanol–water partition coefficient (Wildman–Crippen LogP) is 4.67. The summed E-state index contributed by atoms with van der Waals surface area (Å²) in [5.74, 6) is -5.43. The Labute approximate surface area is 151 Å². The van der Waals surface area contributed by atoms with Gasteiger partial charge in [-0.15, -0.1) is 0 Å². The van der Waals surface area contributed by atoms with Gasteiger partial charge in [-0.3, -0.25) is 4.79 Å². The Morgan fingerprint density at radius 2 is 1.81 bits per heavy atom. The summed E-state index contributed by atoms with van der Waals surface area (Å²) in [7, 11) is 0. The highest BCUT2D eigenvalue weighted by Crippen LogP contribution is 2.23. The Bertz CT molecular complexity index is 1140. The molecule has 0 aliphatic carbocycles. The molecule has 0 atom stereocenters. The molecule has 0 fully saturated rings. The van der Waals surface area contributed by atoms with Crippen molar-refractivity contribution in [2.45, 2.75) is 0 Å². The minimum Gasteiger partial charge on any atom is -0.322 e. The van der Waals surface area contributed by atoms with Crippen LogP contribution in [0.2, 0.25) is 0 Å². The minimum atomic E-state index is -1.68. The van der Waals surface area contributed by atoms with E-state index >= 15 is 0 Å². The molecule has 0 radical (unpaired) electrons. The second-order valence-electron chi connectivity index (χ2n) is 5.85. The number of carbonyl (C=O) groups is 1. The van der Waals surface area contributed by atoms with E-state index in [0.717, 1.165) is 17.3 Å². The number of hydrogen-bond acceptors (Lipinski definition) is 2. The third-order valence-corrected chi connectivity index (χ3v) is 4.06. The normalized spacial score (nSPS) is 10.9. The molecule has 134 valence electrons. The first-order valence-electron chi connectivity index (χ1n) is 8.02. The fourth-order valence-corrected chi connectivity index (χ4v) is 2.73. The molecule has 7 heteroatoms. The molecule has 0 spiro atoms. The molecule has 27 heavy (non-hydrogen) atoms. The lowest BCUT2D eigenvalue weighted by Gasteiger charge is -2.08. The van der Waals surface area contributed by atoms with E-state index in [0.29, 0.717) is 17.4 Å². The van der Waals surface area contributed by atoms with E-state index in [-0.39, 0.29) is 0 Å². The zero-order valence-electron chi connectivity index (χ0n) is 13.8. The van der Waals surface area contributed by atoms with Crippen molar-refractivity contribution in [1.29, 1.82) is 0 Å². The topological polar surface area (TPSA) is 46.4 Å². The van der Waals surface area contributed by atoms with E-state index in [9.17, 15) is 18.0 Å². The van der Waals surface area contributed by atoms with Gasteiger partial charge in [0.1, 0.15) is 5.65 Å². The first-order valence-corrected chi connectivity index (χ1v) is 8.02. The van der Waals surface area contributed by atoms with Crippen molar-refractivity contribution in [2.75, 3.05) is 5.32 Å². The highest BCUT2D eigenvalue weighted by atomic mass is 19.2. The molecule has 0 aliphatic heterocycles. The van der Waals surface area contributed by atoms with Gasteiger partial charge in [0.05, 0.1) is 11.3 Å². The maximum atomic E-state index is 13.8. The van der Waals surface area contributed by atoms with Gasteiger partial charge in [-0.1, -0.05) is 18.2 Å². The fraction of sp³-hybridized carbons (Fsp3) is 0. The van der Waals surface area contributed by atoms with Gasteiger partial charge >= 0.3 is 0 Å². The van der Waals surface area contributed by atoms with Crippen LogP contribution < -0.4 is 5.32 Å². The van der Waals surface area contributed by atoms with E-state index in [2.05, 4.69) is 10.3 Å². The third kappa shape index (κ3) is 3.15.